The largest absolute Gasteiger partial charge is 0.463 e. The quantitative estimate of drug-likeness (QED) is 0.627. The number of pyridine rings is 1. The zero-order chi connectivity index (χ0) is 21.1. The molecule has 1 fully saturated rings. The fraction of sp³-hybridized carbons (Fsp3) is 0.375. The van der Waals surface area contributed by atoms with Gasteiger partial charge in [0, 0.05) is 11.4 Å². The molecule has 6 nitrogen and oxygen atoms in total. The highest BCUT2D eigenvalue weighted by Gasteiger charge is 2.28. The Kier molecular flexibility index (Phi) is 5.84. The minimum Gasteiger partial charge on any atom is -0.463 e. The highest BCUT2D eigenvalue weighted by Crippen LogP contribution is 2.29. The van der Waals surface area contributed by atoms with Crippen LogP contribution in [0.25, 0.3) is 22.4 Å². The van der Waals surface area contributed by atoms with E-state index in [-0.39, 0.29) is 18.6 Å². The van der Waals surface area contributed by atoms with E-state index in [4.69, 9.17) is 9.15 Å². The molecule has 6 heteroatoms. The lowest BCUT2D eigenvalue weighted by Crippen LogP contribution is -2.45. The van der Waals surface area contributed by atoms with Crippen molar-refractivity contribution in [1.82, 2.24) is 10.3 Å². The summed E-state index contributed by atoms with van der Waals surface area (Å²) in [5.41, 5.74) is 1.56. The van der Waals surface area contributed by atoms with Gasteiger partial charge in [-0.2, -0.15) is 0 Å². The number of ether oxygens (including phenoxy) is 1. The molecule has 3 aromatic rings. The third-order valence-electron chi connectivity index (χ3n) is 6.10. The monoisotopic (exact) mass is 406 g/mol. The van der Waals surface area contributed by atoms with Gasteiger partial charge in [0.2, 0.25) is 0 Å². The topological polar surface area (TPSA) is 81.4 Å². The molecule has 0 radical (unpaired) electrons. The number of benzene rings is 1. The number of furan rings is 1. The Bertz CT molecular complexity index is 1040. The van der Waals surface area contributed by atoms with Gasteiger partial charge >= 0.3 is 5.97 Å². The number of fused-ring (bicyclic) bond motifs is 1. The number of nitrogens with zero attached hydrogens (tertiary/aromatic N) is 1. The zero-order valence-corrected chi connectivity index (χ0v) is 17.3. The highest BCUT2D eigenvalue weighted by atomic mass is 16.5. The van der Waals surface area contributed by atoms with E-state index in [0.717, 1.165) is 12.8 Å². The van der Waals surface area contributed by atoms with Crippen molar-refractivity contribution in [2.45, 2.75) is 39.2 Å². The minimum atomic E-state index is -0.554. The van der Waals surface area contributed by atoms with E-state index in [2.05, 4.69) is 24.1 Å². The minimum absolute atomic E-state index is 0.132. The molecular weight excluding hydrogens is 380 g/mol. The second-order valence-corrected chi connectivity index (χ2v) is 8.07. The summed E-state index contributed by atoms with van der Waals surface area (Å²) in [5.74, 6) is 0.738. The van der Waals surface area contributed by atoms with Crippen molar-refractivity contribution in [3.05, 3.63) is 54.3 Å². The second-order valence-electron chi connectivity index (χ2n) is 8.07. The van der Waals surface area contributed by atoms with Crippen molar-refractivity contribution in [2.24, 2.45) is 11.8 Å². The van der Waals surface area contributed by atoms with Crippen molar-refractivity contribution < 1.29 is 18.7 Å². The van der Waals surface area contributed by atoms with Gasteiger partial charge in [-0.05, 0) is 42.5 Å². The van der Waals surface area contributed by atoms with Gasteiger partial charge in [0.1, 0.15) is 5.69 Å². The third kappa shape index (κ3) is 4.22. The molecular formula is C24H26N2O4. The van der Waals surface area contributed by atoms with E-state index in [1.54, 1.807) is 24.5 Å². The number of carbonyl (C=O) groups excluding carboxylic acids is 2. The molecule has 156 valence electrons. The number of esters is 1. The molecule has 0 spiro atoms. The van der Waals surface area contributed by atoms with Crippen molar-refractivity contribution in [1.29, 1.82) is 0 Å². The molecule has 1 N–H and O–H groups in total. The normalized spacial score (nSPS) is 21.3. The van der Waals surface area contributed by atoms with Gasteiger partial charge < -0.3 is 14.5 Å². The van der Waals surface area contributed by atoms with Crippen LogP contribution in [0, 0.1) is 11.8 Å². The third-order valence-corrected chi connectivity index (χ3v) is 6.10. The summed E-state index contributed by atoms with van der Waals surface area (Å²) in [6.07, 6.45) is 4.82. The summed E-state index contributed by atoms with van der Waals surface area (Å²) in [6, 6.07) is 12.7. The van der Waals surface area contributed by atoms with Gasteiger partial charge in [0.15, 0.2) is 12.4 Å². The van der Waals surface area contributed by atoms with Crippen LogP contribution in [0.3, 0.4) is 0 Å². The predicted molar refractivity (Wildman–Crippen MR) is 114 cm³/mol. The molecule has 2 aromatic heterocycles. The van der Waals surface area contributed by atoms with Crippen LogP contribution in [0.1, 0.15) is 43.5 Å². The smallest absolute Gasteiger partial charge is 0.339 e. The van der Waals surface area contributed by atoms with Crippen LogP contribution in [0.4, 0.5) is 0 Å². The molecule has 3 atom stereocenters. The lowest BCUT2D eigenvalue weighted by molar-refractivity contribution is -0.125. The Morgan fingerprint density at radius 1 is 1.17 bits per heavy atom. The molecule has 4 rings (SSSR count). The van der Waals surface area contributed by atoms with Crippen LogP contribution >= 0.6 is 0 Å². The highest BCUT2D eigenvalue weighted by molar-refractivity contribution is 6.05. The summed E-state index contributed by atoms with van der Waals surface area (Å²) in [4.78, 5) is 29.8. The first kappa shape index (κ1) is 20.1. The average Bonchev–Trinajstić information content (AvgIpc) is 3.29. The van der Waals surface area contributed by atoms with Crippen molar-refractivity contribution in [3.8, 4) is 11.5 Å². The van der Waals surface area contributed by atoms with Crippen LogP contribution in [0.15, 0.2) is 53.1 Å². The van der Waals surface area contributed by atoms with E-state index in [9.17, 15) is 9.59 Å². The first-order chi connectivity index (χ1) is 14.5. The summed E-state index contributed by atoms with van der Waals surface area (Å²) in [6.45, 7) is 4.08. The van der Waals surface area contributed by atoms with Gasteiger partial charge in [-0.15, -0.1) is 0 Å². The van der Waals surface area contributed by atoms with Gasteiger partial charge in [-0.25, -0.2) is 9.78 Å². The van der Waals surface area contributed by atoms with E-state index in [0.29, 0.717) is 39.8 Å². The fourth-order valence-corrected chi connectivity index (χ4v) is 4.14. The first-order valence-electron chi connectivity index (χ1n) is 10.4. The average molecular weight is 406 g/mol. The Hall–Kier alpha value is -3.15. The Labute approximate surface area is 175 Å². The van der Waals surface area contributed by atoms with Crippen molar-refractivity contribution >= 4 is 22.8 Å². The molecule has 0 aliphatic heterocycles. The summed E-state index contributed by atoms with van der Waals surface area (Å²) >= 11 is 0. The molecule has 30 heavy (non-hydrogen) atoms. The molecule has 0 saturated heterocycles. The molecule has 0 bridgehead atoms. The van der Waals surface area contributed by atoms with Crippen LogP contribution in [-0.2, 0) is 9.53 Å². The van der Waals surface area contributed by atoms with E-state index in [1.165, 1.54) is 6.42 Å². The van der Waals surface area contributed by atoms with Crippen molar-refractivity contribution in [3.63, 3.8) is 0 Å². The standard InChI is InChI=1S/C24H26N2O4/c1-15-7-5-10-19(16(15)2)26-23(27)14-30-24(28)18-13-21(22-11-6-12-29-22)25-20-9-4-3-8-17(18)20/h3-4,6,8-9,11-13,15-16,19H,5,7,10,14H2,1-2H3,(H,26,27). The summed E-state index contributed by atoms with van der Waals surface area (Å²) in [5, 5.41) is 3.71. The maximum absolute atomic E-state index is 12.8. The Morgan fingerprint density at radius 2 is 2.00 bits per heavy atom. The summed E-state index contributed by atoms with van der Waals surface area (Å²) < 4.78 is 10.8. The number of nitrogens with one attached hydrogen (secondary N) is 1. The van der Waals surface area contributed by atoms with Crippen LogP contribution in [0.5, 0.6) is 0 Å². The van der Waals surface area contributed by atoms with Crippen LogP contribution in [-0.4, -0.2) is 29.5 Å². The summed E-state index contributed by atoms with van der Waals surface area (Å²) in [7, 11) is 0. The van der Waals surface area contributed by atoms with Gasteiger partial charge in [0.05, 0.1) is 17.3 Å². The van der Waals surface area contributed by atoms with E-state index in [1.807, 2.05) is 24.3 Å². The predicted octanol–water partition coefficient (Wildman–Crippen LogP) is 4.59. The number of aromatic nitrogens is 1. The van der Waals surface area contributed by atoms with Gasteiger partial charge in [-0.1, -0.05) is 44.9 Å². The number of rotatable bonds is 5. The SMILES string of the molecule is CC1CCCC(NC(=O)COC(=O)c2cc(-c3ccco3)nc3ccccc23)C1C. The molecule has 1 saturated carbocycles. The molecule has 2 heterocycles. The molecule has 1 aliphatic rings. The number of hydrogen-bond acceptors (Lipinski definition) is 5. The maximum atomic E-state index is 12.8. The number of carbonyl (C=O) groups is 2. The lowest BCUT2D eigenvalue weighted by atomic mass is 9.78. The van der Waals surface area contributed by atoms with Crippen molar-refractivity contribution in [2.75, 3.05) is 6.61 Å². The maximum Gasteiger partial charge on any atom is 0.339 e. The van der Waals surface area contributed by atoms with E-state index < -0.39 is 5.97 Å². The Balaban J connectivity index is 1.48. The first-order valence-corrected chi connectivity index (χ1v) is 10.4. The van der Waals surface area contributed by atoms with Gasteiger partial charge in [0.25, 0.3) is 5.91 Å². The molecule has 1 aliphatic carbocycles. The molecule has 1 amide bonds. The second kappa shape index (κ2) is 8.69. The lowest BCUT2D eigenvalue weighted by Gasteiger charge is -2.34. The molecule has 3 unspecified atom stereocenters. The number of amides is 1. The van der Waals surface area contributed by atoms with Gasteiger partial charge in [-0.3, -0.25) is 4.79 Å². The number of hydrogen-bond donors (Lipinski definition) is 1. The number of para-hydroxylation sites is 1. The molecule has 1 aromatic carbocycles. The fourth-order valence-electron chi connectivity index (χ4n) is 4.14. The zero-order valence-electron chi connectivity index (χ0n) is 17.3. The Morgan fingerprint density at radius 3 is 2.80 bits per heavy atom. The van der Waals surface area contributed by atoms with Crippen LogP contribution in [0.2, 0.25) is 0 Å². The van der Waals surface area contributed by atoms with Crippen LogP contribution < -0.4 is 5.32 Å². The van der Waals surface area contributed by atoms with E-state index >= 15 is 0 Å².